The number of aromatic nitrogens is 1. The number of pyridine rings is 1. The molecule has 2 aliphatic heterocycles. The maximum absolute atomic E-state index is 13.6. The average molecular weight is 339 g/mol. The molecule has 1 aromatic rings. The van der Waals surface area contributed by atoms with Crippen LogP contribution in [0, 0.1) is 11.7 Å². The number of carbonyl (C=O) groups excluding carboxylic acids is 1. The summed E-state index contributed by atoms with van der Waals surface area (Å²) in [6.07, 6.45) is 4.13. The molecule has 126 valence electrons. The van der Waals surface area contributed by atoms with Crippen LogP contribution in [0.2, 0.25) is 0 Å². The first-order valence-electron chi connectivity index (χ1n) is 8.10. The van der Waals surface area contributed by atoms with Crippen molar-refractivity contribution in [2.75, 3.05) is 31.1 Å². The summed E-state index contributed by atoms with van der Waals surface area (Å²) in [5, 5.41) is 3.02. The Kier molecular flexibility index (Phi) is 5.59. The lowest BCUT2D eigenvalue weighted by atomic mass is 10.1. The van der Waals surface area contributed by atoms with Gasteiger partial charge in [-0.2, -0.15) is 11.8 Å². The van der Waals surface area contributed by atoms with Crippen molar-refractivity contribution in [2.45, 2.75) is 25.4 Å². The van der Waals surface area contributed by atoms with Crippen molar-refractivity contribution in [2.24, 2.45) is 5.92 Å². The van der Waals surface area contributed by atoms with Crippen LogP contribution in [0.5, 0.6) is 5.88 Å². The molecular formula is C16H22FN3O2S. The van der Waals surface area contributed by atoms with Crippen molar-refractivity contribution < 1.29 is 13.9 Å². The number of ether oxygens (including phenoxy) is 1. The molecule has 2 saturated heterocycles. The van der Waals surface area contributed by atoms with E-state index in [9.17, 15) is 9.18 Å². The van der Waals surface area contributed by atoms with E-state index in [1.807, 2.05) is 11.8 Å². The van der Waals surface area contributed by atoms with Gasteiger partial charge < -0.3 is 15.0 Å². The second-order valence-corrected chi connectivity index (χ2v) is 7.18. The summed E-state index contributed by atoms with van der Waals surface area (Å²) < 4.78 is 19.2. The van der Waals surface area contributed by atoms with Crippen molar-refractivity contribution >= 4 is 17.8 Å². The van der Waals surface area contributed by atoms with E-state index in [1.165, 1.54) is 30.5 Å². The molecule has 2 atom stereocenters. The van der Waals surface area contributed by atoms with Gasteiger partial charge in [-0.25, -0.2) is 14.2 Å². The normalized spacial score (nSPS) is 24.5. The zero-order valence-electron chi connectivity index (χ0n) is 13.0. The van der Waals surface area contributed by atoms with E-state index in [1.54, 1.807) is 4.90 Å². The second kappa shape index (κ2) is 7.86. The minimum atomic E-state index is -0.465. The summed E-state index contributed by atoms with van der Waals surface area (Å²) in [5.74, 6) is 2.46. The summed E-state index contributed by atoms with van der Waals surface area (Å²) in [7, 11) is 0. The molecule has 0 unspecified atom stereocenters. The third-order valence-corrected chi connectivity index (χ3v) is 5.47. The molecule has 0 aliphatic carbocycles. The van der Waals surface area contributed by atoms with Crippen molar-refractivity contribution in [3.05, 3.63) is 24.1 Å². The quantitative estimate of drug-likeness (QED) is 0.916. The minimum absolute atomic E-state index is 0.0164. The number of hydrogen-bond donors (Lipinski definition) is 1. The number of hydrogen-bond acceptors (Lipinski definition) is 4. The van der Waals surface area contributed by atoms with E-state index in [2.05, 4.69) is 10.3 Å². The number of nitrogens with zero attached hydrogens (tertiary/aromatic N) is 2. The molecule has 1 aromatic heterocycles. The first-order valence-corrected chi connectivity index (χ1v) is 9.25. The number of halogens is 1. The van der Waals surface area contributed by atoms with E-state index < -0.39 is 5.82 Å². The van der Waals surface area contributed by atoms with Gasteiger partial charge in [0, 0.05) is 19.3 Å². The van der Waals surface area contributed by atoms with Gasteiger partial charge in [0.05, 0.1) is 6.54 Å². The third kappa shape index (κ3) is 4.50. The van der Waals surface area contributed by atoms with Crippen LogP contribution in [0.25, 0.3) is 0 Å². The van der Waals surface area contributed by atoms with Crippen molar-refractivity contribution in [3.8, 4) is 5.88 Å². The highest BCUT2D eigenvalue weighted by molar-refractivity contribution is 7.99. The Labute approximate surface area is 140 Å². The number of likely N-dealkylation sites (tertiary alicyclic amines) is 1. The molecule has 0 bridgehead atoms. The topological polar surface area (TPSA) is 54.5 Å². The van der Waals surface area contributed by atoms with Gasteiger partial charge in [0.1, 0.15) is 6.10 Å². The van der Waals surface area contributed by atoms with Crippen LogP contribution < -0.4 is 10.1 Å². The fraction of sp³-hybridized carbons (Fsp3) is 0.625. The van der Waals surface area contributed by atoms with Crippen molar-refractivity contribution in [1.29, 1.82) is 0 Å². The molecular weight excluding hydrogens is 317 g/mol. The molecule has 2 fully saturated rings. The Bertz CT molecular complexity index is 540. The Morgan fingerprint density at radius 2 is 2.43 bits per heavy atom. The lowest BCUT2D eigenvalue weighted by molar-refractivity contribution is 0.0940. The van der Waals surface area contributed by atoms with Gasteiger partial charge >= 0.3 is 6.03 Å². The Morgan fingerprint density at radius 1 is 1.52 bits per heavy atom. The van der Waals surface area contributed by atoms with Gasteiger partial charge in [0.25, 0.3) is 5.88 Å². The van der Waals surface area contributed by atoms with Gasteiger partial charge in [0.15, 0.2) is 5.82 Å². The van der Waals surface area contributed by atoms with Crippen LogP contribution in [0.15, 0.2) is 18.3 Å². The van der Waals surface area contributed by atoms with Crippen molar-refractivity contribution in [3.63, 3.8) is 0 Å². The van der Waals surface area contributed by atoms with Crippen LogP contribution in [0.3, 0.4) is 0 Å². The smallest absolute Gasteiger partial charge is 0.317 e. The summed E-state index contributed by atoms with van der Waals surface area (Å²) in [4.78, 5) is 18.0. The second-order valence-electron chi connectivity index (χ2n) is 6.03. The Morgan fingerprint density at radius 3 is 3.22 bits per heavy atom. The molecule has 1 N–H and O–H groups in total. The monoisotopic (exact) mass is 339 g/mol. The van der Waals surface area contributed by atoms with Crippen molar-refractivity contribution in [1.82, 2.24) is 15.2 Å². The van der Waals surface area contributed by atoms with Crippen LogP contribution in [0.4, 0.5) is 9.18 Å². The largest absolute Gasteiger partial charge is 0.470 e. The van der Waals surface area contributed by atoms with E-state index >= 15 is 0 Å². The van der Waals surface area contributed by atoms with E-state index in [-0.39, 0.29) is 18.0 Å². The standard InChI is InChI=1S/C16H22FN3O2S/c17-14-4-1-6-18-15(14)22-13-3-2-7-20(10-13)16(21)19-9-12-5-8-23-11-12/h1,4,6,12-13H,2-3,5,7-11H2,(H,19,21)/t12-,13-/m0/s1. The first kappa shape index (κ1) is 16.4. The predicted molar refractivity (Wildman–Crippen MR) is 88.2 cm³/mol. The lowest BCUT2D eigenvalue weighted by Gasteiger charge is -2.32. The first-order chi connectivity index (χ1) is 11.2. The molecule has 3 rings (SSSR count). The summed E-state index contributed by atoms with van der Waals surface area (Å²) in [6, 6.07) is 2.82. The van der Waals surface area contributed by atoms with Gasteiger partial charge in [-0.05, 0) is 48.8 Å². The molecule has 0 saturated carbocycles. The van der Waals surface area contributed by atoms with Crippen LogP contribution in [-0.2, 0) is 0 Å². The van der Waals surface area contributed by atoms with Gasteiger partial charge in [0.2, 0.25) is 0 Å². The maximum Gasteiger partial charge on any atom is 0.317 e. The molecule has 3 heterocycles. The fourth-order valence-electron chi connectivity index (χ4n) is 2.92. The maximum atomic E-state index is 13.6. The predicted octanol–water partition coefficient (Wildman–Crippen LogP) is 2.53. The zero-order chi connectivity index (χ0) is 16.1. The number of carbonyl (C=O) groups is 1. The number of nitrogens with one attached hydrogen (secondary N) is 1. The molecule has 0 spiro atoms. The number of thioether (sulfide) groups is 1. The van der Waals surface area contributed by atoms with E-state index in [0.717, 1.165) is 31.7 Å². The SMILES string of the molecule is O=C(NC[C@@H]1CCSC1)N1CCC[C@H](Oc2ncccc2F)C1. The highest BCUT2D eigenvalue weighted by Gasteiger charge is 2.26. The third-order valence-electron chi connectivity index (χ3n) is 4.23. The Hall–Kier alpha value is -1.50. The highest BCUT2D eigenvalue weighted by atomic mass is 32.2. The Balaban J connectivity index is 1.49. The fourth-order valence-corrected chi connectivity index (χ4v) is 4.21. The van der Waals surface area contributed by atoms with E-state index in [4.69, 9.17) is 4.74 Å². The molecule has 0 radical (unpaired) electrons. The average Bonchev–Trinajstić information content (AvgIpc) is 3.08. The number of urea groups is 1. The number of rotatable bonds is 4. The molecule has 5 nitrogen and oxygen atoms in total. The number of piperidine rings is 1. The van der Waals surface area contributed by atoms with Gasteiger partial charge in [-0.3, -0.25) is 0 Å². The highest BCUT2D eigenvalue weighted by Crippen LogP contribution is 2.23. The molecule has 0 aromatic carbocycles. The van der Waals surface area contributed by atoms with Crippen LogP contribution >= 0.6 is 11.8 Å². The summed E-state index contributed by atoms with van der Waals surface area (Å²) >= 11 is 1.95. The van der Waals surface area contributed by atoms with Gasteiger partial charge in [-0.15, -0.1) is 0 Å². The van der Waals surface area contributed by atoms with Crippen LogP contribution in [-0.4, -0.2) is 53.2 Å². The minimum Gasteiger partial charge on any atom is -0.470 e. The van der Waals surface area contributed by atoms with E-state index in [0.29, 0.717) is 12.5 Å². The number of amides is 2. The lowest BCUT2D eigenvalue weighted by Crippen LogP contribution is -2.49. The van der Waals surface area contributed by atoms with Crippen LogP contribution in [0.1, 0.15) is 19.3 Å². The molecule has 2 aliphatic rings. The van der Waals surface area contributed by atoms with Gasteiger partial charge in [-0.1, -0.05) is 0 Å². The molecule has 7 heteroatoms. The molecule has 2 amide bonds. The summed E-state index contributed by atoms with van der Waals surface area (Å²) in [6.45, 7) is 1.93. The molecule has 23 heavy (non-hydrogen) atoms. The zero-order valence-corrected chi connectivity index (χ0v) is 13.9. The summed E-state index contributed by atoms with van der Waals surface area (Å²) in [5.41, 5.74) is 0.